The van der Waals surface area contributed by atoms with Gasteiger partial charge in [0, 0.05) is 4.47 Å². The third kappa shape index (κ3) is 2.52. The quantitative estimate of drug-likeness (QED) is 0.686. The second-order valence-corrected chi connectivity index (χ2v) is 5.49. The first-order valence-electron chi connectivity index (χ1n) is 5.15. The van der Waals surface area contributed by atoms with Crippen molar-refractivity contribution in [2.45, 2.75) is 31.1 Å². The van der Waals surface area contributed by atoms with Gasteiger partial charge in [0.1, 0.15) is 0 Å². The van der Waals surface area contributed by atoms with Crippen LogP contribution in [-0.4, -0.2) is 0 Å². The molecule has 0 N–H and O–H groups in total. The van der Waals surface area contributed by atoms with Crippen molar-refractivity contribution in [3.05, 3.63) is 34.3 Å². The molecule has 0 radical (unpaired) electrons. The lowest BCUT2D eigenvalue weighted by molar-refractivity contribution is 0.293. The summed E-state index contributed by atoms with van der Waals surface area (Å²) in [5.74, 6) is 0.876. The zero-order valence-electron chi connectivity index (χ0n) is 8.05. The summed E-state index contributed by atoms with van der Waals surface area (Å²) in [4.78, 5) is 0. The zero-order chi connectivity index (χ0) is 9.97. The van der Waals surface area contributed by atoms with Gasteiger partial charge in [0.25, 0.3) is 0 Å². The fourth-order valence-corrected chi connectivity index (χ4v) is 2.49. The van der Waals surface area contributed by atoms with Crippen molar-refractivity contribution in [2.24, 2.45) is 5.92 Å². The normalized spacial score (nSPS) is 19.0. The molecule has 1 unspecified atom stereocenters. The molecule has 0 spiro atoms. The smallest absolute Gasteiger partial charge is 0.0587 e. The Kier molecular flexibility index (Phi) is 3.51. The summed E-state index contributed by atoms with van der Waals surface area (Å²) < 4.78 is 1.12. The third-order valence-corrected chi connectivity index (χ3v) is 3.96. The van der Waals surface area contributed by atoms with Crippen molar-refractivity contribution < 1.29 is 0 Å². The van der Waals surface area contributed by atoms with E-state index in [2.05, 4.69) is 40.2 Å². The molecule has 0 amide bonds. The maximum Gasteiger partial charge on any atom is 0.0587 e. The zero-order valence-corrected chi connectivity index (χ0v) is 10.4. The molecule has 1 aromatic rings. The standard InChI is InChI=1S/C12H14BrCl/c13-11-6-4-10(5-7-11)12(14)8-9-2-1-3-9/h4-7,9,12H,1-3,8H2. The number of hydrogen-bond donors (Lipinski definition) is 0. The lowest BCUT2D eigenvalue weighted by Gasteiger charge is -2.27. The van der Waals surface area contributed by atoms with Gasteiger partial charge in [0.05, 0.1) is 5.38 Å². The summed E-state index contributed by atoms with van der Waals surface area (Å²) in [5.41, 5.74) is 1.25. The van der Waals surface area contributed by atoms with E-state index in [1.165, 1.54) is 24.8 Å². The van der Waals surface area contributed by atoms with E-state index < -0.39 is 0 Å². The van der Waals surface area contributed by atoms with E-state index in [4.69, 9.17) is 11.6 Å². The topological polar surface area (TPSA) is 0 Å². The Bertz CT molecular complexity index is 290. The van der Waals surface area contributed by atoms with Crippen LogP contribution in [0.15, 0.2) is 28.7 Å². The van der Waals surface area contributed by atoms with Crippen LogP contribution in [0.2, 0.25) is 0 Å². The van der Waals surface area contributed by atoms with Crippen molar-refractivity contribution in [3.8, 4) is 0 Å². The number of alkyl halides is 1. The van der Waals surface area contributed by atoms with Crippen molar-refractivity contribution in [1.82, 2.24) is 0 Å². The number of halogens is 2. The Morgan fingerprint density at radius 1 is 1.29 bits per heavy atom. The van der Waals surface area contributed by atoms with Crippen molar-refractivity contribution in [1.29, 1.82) is 0 Å². The van der Waals surface area contributed by atoms with Crippen LogP contribution in [0, 0.1) is 5.92 Å². The lowest BCUT2D eigenvalue weighted by Crippen LogP contribution is -2.12. The molecule has 0 aromatic heterocycles. The molecule has 0 saturated heterocycles. The van der Waals surface area contributed by atoms with E-state index in [0.717, 1.165) is 16.8 Å². The van der Waals surface area contributed by atoms with Gasteiger partial charge in [-0.1, -0.05) is 47.3 Å². The summed E-state index contributed by atoms with van der Waals surface area (Å²) in [6.07, 6.45) is 5.29. The average Bonchev–Trinajstić information content (AvgIpc) is 2.12. The minimum absolute atomic E-state index is 0.202. The largest absolute Gasteiger partial charge is 0.118 e. The molecule has 1 fully saturated rings. The van der Waals surface area contributed by atoms with Crippen LogP contribution >= 0.6 is 27.5 Å². The molecule has 0 nitrogen and oxygen atoms in total. The van der Waals surface area contributed by atoms with Crippen LogP contribution in [0.4, 0.5) is 0 Å². The van der Waals surface area contributed by atoms with Crippen LogP contribution in [0.25, 0.3) is 0 Å². The maximum absolute atomic E-state index is 6.35. The fourth-order valence-electron chi connectivity index (χ4n) is 1.83. The molecular formula is C12H14BrCl. The Hall–Kier alpha value is -0.0100. The molecule has 2 heteroatoms. The van der Waals surface area contributed by atoms with Gasteiger partial charge in [-0.05, 0) is 30.0 Å². The molecule has 2 rings (SSSR count). The van der Waals surface area contributed by atoms with Gasteiger partial charge in [-0.2, -0.15) is 0 Å². The fraction of sp³-hybridized carbons (Fsp3) is 0.500. The molecule has 14 heavy (non-hydrogen) atoms. The first-order valence-corrected chi connectivity index (χ1v) is 6.38. The molecular weight excluding hydrogens is 259 g/mol. The number of benzene rings is 1. The molecule has 1 aliphatic carbocycles. The Labute approximate surface area is 98.8 Å². The predicted molar refractivity (Wildman–Crippen MR) is 64.7 cm³/mol. The second-order valence-electron chi connectivity index (χ2n) is 4.05. The van der Waals surface area contributed by atoms with E-state index in [9.17, 15) is 0 Å². The van der Waals surface area contributed by atoms with Gasteiger partial charge in [0.15, 0.2) is 0 Å². The first-order chi connectivity index (χ1) is 6.75. The van der Waals surface area contributed by atoms with Crippen molar-refractivity contribution >= 4 is 27.5 Å². The predicted octanol–water partition coefficient (Wildman–Crippen LogP) is 4.92. The van der Waals surface area contributed by atoms with E-state index in [1.807, 2.05) is 0 Å². The van der Waals surface area contributed by atoms with Crippen LogP contribution in [0.1, 0.15) is 36.6 Å². The van der Waals surface area contributed by atoms with Crippen LogP contribution < -0.4 is 0 Å². The highest BCUT2D eigenvalue weighted by molar-refractivity contribution is 9.10. The Morgan fingerprint density at radius 3 is 2.43 bits per heavy atom. The lowest BCUT2D eigenvalue weighted by atomic mass is 9.81. The third-order valence-electron chi connectivity index (χ3n) is 3.00. The summed E-state index contributed by atoms with van der Waals surface area (Å²) in [6, 6.07) is 8.35. The second kappa shape index (κ2) is 4.67. The van der Waals surface area contributed by atoms with E-state index in [-0.39, 0.29) is 5.38 Å². The molecule has 0 aliphatic heterocycles. The summed E-state index contributed by atoms with van der Waals surface area (Å²) >= 11 is 9.78. The van der Waals surface area contributed by atoms with Crippen LogP contribution in [0.3, 0.4) is 0 Å². The Balaban J connectivity index is 1.95. The monoisotopic (exact) mass is 272 g/mol. The van der Waals surface area contributed by atoms with Crippen molar-refractivity contribution in [3.63, 3.8) is 0 Å². The van der Waals surface area contributed by atoms with Crippen molar-refractivity contribution in [2.75, 3.05) is 0 Å². The number of hydrogen-bond acceptors (Lipinski definition) is 0. The molecule has 1 saturated carbocycles. The molecule has 1 aliphatic rings. The maximum atomic E-state index is 6.35. The Morgan fingerprint density at radius 2 is 1.93 bits per heavy atom. The van der Waals surface area contributed by atoms with Gasteiger partial charge in [0.2, 0.25) is 0 Å². The van der Waals surface area contributed by atoms with Crippen LogP contribution in [0.5, 0.6) is 0 Å². The van der Waals surface area contributed by atoms with Gasteiger partial charge in [-0.15, -0.1) is 11.6 Å². The minimum atomic E-state index is 0.202. The first kappa shape index (κ1) is 10.5. The van der Waals surface area contributed by atoms with E-state index >= 15 is 0 Å². The average molecular weight is 274 g/mol. The molecule has 1 aromatic carbocycles. The highest BCUT2D eigenvalue weighted by Crippen LogP contribution is 2.37. The summed E-state index contributed by atoms with van der Waals surface area (Å²) in [5, 5.41) is 0.202. The van der Waals surface area contributed by atoms with E-state index in [0.29, 0.717) is 0 Å². The van der Waals surface area contributed by atoms with Gasteiger partial charge < -0.3 is 0 Å². The summed E-state index contributed by atoms with van der Waals surface area (Å²) in [7, 11) is 0. The highest BCUT2D eigenvalue weighted by atomic mass is 79.9. The van der Waals surface area contributed by atoms with Gasteiger partial charge >= 0.3 is 0 Å². The van der Waals surface area contributed by atoms with Gasteiger partial charge in [-0.25, -0.2) is 0 Å². The molecule has 0 bridgehead atoms. The van der Waals surface area contributed by atoms with Gasteiger partial charge in [-0.3, -0.25) is 0 Å². The highest BCUT2D eigenvalue weighted by Gasteiger charge is 2.21. The molecule has 1 atom stereocenters. The molecule has 76 valence electrons. The summed E-state index contributed by atoms with van der Waals surface area (Å²) in [6.45, 7) is 0. The SMILES string of the molecule is ClC(CC1CCC1)c1ccc(Br)cc1. The number of rotatable bonds is 3. The minimum Gasteiger partial charge on any atom is -0.118 e. The van der Waals surface area contributed by atoms with E-state index in [1.54, 1.807) is 0 Å². The molecule has 0 heterocycles. The van der Waals surface area contributed by atoms with Crippen LogP contribution in [-0.2, 0) is 0 Å².